The van der Waals surface area contributed by atoms with Crippen molar-refractivity contribution in [1.82, 2.24) is 0 Å². The summed E-state index contributed by atoms with van der Waals surface area (Å²) in [5.41, 5.74) is 0.840. The molecule has 0 saturated heterocycles. The maximum Gasteiger partial charge on any atom is 0.165 e. The van der Waals surface area contributed by atoms with Crippen LogP contribution in [0.2, 0.25) is 0 Å². The Hall–Kier alpha value is -2.40. The number of methoxy groups -OCH3 is 1. The van der Waals surface area contributed by atoms with Gasteiger partial charge in [-0.25, -0.2) is 4.39 Å². The Morgan fingerprint density at radius 1 is 1.29 bits per heavy atom. The zero-order chi connectivity index (χ0) is 15.2. The predicted octanol–water partition coefficient (Wildman–Crippen LogP) is 2.76. The molecule has 2 rings (SSSR count). The minimum Gasteiger partial charge on any atom is -0.497 e. The van der Waals surface area contributed by atoms with Crippen LogP contribution in [0.4, 0.5) is 4.39 Å². The van der Waals surface area contributed by atoms with Crippen LogP contribution in [0.5, 0.6) is 11.5 Å². The molecular weight excluding hydrogens is 275 g/mol. The fourth-order valence-electron chi connectivity index (χ4n) is 1.82. The summed E-state index contributed by atoms with van der Waals surface area (Å²) in [5.74, 6) is -0.0342. The van der Waals surface area contributed by atoms with E-state index in [0.29, 0.717) is 17.6 Å². The predicted molar refractivity (Wildman–Crippen MR) is 75.2 cm³/mol. The van der Waals surface area contributed by atoms with Crippen LogP contribution in [-0.2, 0) is 0 Å². The van der Waals surface area contributed by atoms with Crippen molar-refractivity contribution in [2.45, 2.75) is 6.10 Å². The van der Waals surface area contributed by atoms with Crippen molar-refractivity contribution in [1.29, 1.82) is 0 Å². The van der Waals surface area contributed by atoms with Gasteiger partial charge >= 0.3 is 0 Å². The fraction of sp³-hybridized carbons (Fsp3) is 0.188. The summed E-state index contributed by atoms with van der Waals surface area (Å²) >= 11 is 0. The minimum absolute atomic E-state index is 0.0115. The molecule has 0 spiro atoms. The lowest BCUT2D eigenvalue weighted by Gasteiger charge is -2.14. The van der Waals surface area contributed by atoms with Crippen LogP contribution in [0.3, 0.4) is 0 Å². The fourth-order valence-corrected chi connectivity index (χ4v) is 1.82. The molecule has 0 heterocycles. The molecule has 4 nitrogen and oxygen atoms in total. The molecule has 21 heavy (non-hydrogen) atoms. The van der Waals surface area contributed by atoms with Crippen LogP contribution in [0.15, 0.2) is 42.5 Å². The van der Waals surface area contributed by atoms with Crippen molar-refractivity contribution < 1.29 is 23.8 Å². The van der Waals surface area contributed by atoms with E-state index in [1.54, 1.807) is 24.3 Å². The SMILES string of the molecule is COc1cccc(C(O)COc2ccc(C=O)cc2F)c1. The molecule has 2 aromatic carbocycles. The van der Waals surface area contributed by atoms with Crippen LogP contribution < -0.4 is 9.47 Å². The van der Waals surface area contributed by atoms with Crippen molar-refractivity contribution in [2.24, 2.45) is 0 Å². The molecule has 1 N–H and O–H groups in total. The smallest absolute Gasteiger partial charge is 0.165 e. The van der Waals surface area contributed by atoms with E-state index in [9.17, 15) is 14.3 Å². The van der Waals surface area contributed by atoms with Crippen LogP contribution in [0.25, 0.3) is 0 Å². The molecule has 0 bridgehead atoms. The normalized spacial score (nSPS) is 11.8. The minimum atomic E-state index is -0.912. The number of hydrogen-bond donors (Lipinski definition) is 1. The van der Waals surface area contributed by atoms with Crippen molar-refractivity contribution in [3.63, 3.8) is 0 Å². The molecule has 110 valence electrons. The van der Waals surface area contributed by atoms with E-state index in [-0.39, 0.29) is 17.9 Å². The highest BCUT2D eigenvalue weighted by atomic mass is 19.1. The van der Waals surface area contributed by atoms with Gasteiger partial charge in [-0.3, -0.25) is 4.79 Å². The number of carbonyl (C=O) groups excluding carboxylic acids is 1. The Morgan fingerprint density at radius 3 is 2.76 bits per heavy atom. The van der Waals surface area contributed by atoms with Crippen molar-refractivity contribution in [3.8, 4) is 11.5 Å². The molecule has 0 radical (unpaired) electrons. The Bertz CT molecular complexity index is 627. The average molecular weight is 290 g/mol. The first-order valence-electron chi connectivity index (χ1n) is 6.33. The number of hydrogen-bond acceptors (Lipinski definition) is 4. The third-order valence-corrected chi connectivity index (χ3v) is 2.97. The van der Waals surface area contributed by atoms with E-state index < -0.39 is 11.9 Å². The Labute approximate surface area is 121 Å². The van der Waals surface area contributed by atoms with Gasteiger partial charge in [0.2, 0.25) is 0 Å². The van der Waals surface area contributed by atoms with E-state index in [1.807, 2.05) is 0 Å². The van der Waals surface area contributed by atoms with E-state index in [4.69, 9.17) is 9.47 Å². The lowest BCUT2D eigenvalue weighted by Crippen LogP contribution is -2.10. The molecule has 0 aliphatic carbocycles. The summed E-state index contributed by atoms with van der Waals surface area (Å²) < 4.78 is 23.9. The summed E-state index contributed by atoms with van der Waals surface area (Å²) in [7, 11) is 1.53. The molecule has 0 saturated carbocycles. The number of aliphatic hydroxyl groups is 1. The van der Waals surface area contributed by atoms with E-state index in [2.05, 4.69) is 0 Å². The Kier molecular flexibility index (Phi) is 4.90. The van der Waals surface area contributed by atoms with E-state index in [1.165, 1.54) is 19.2 Å². The molecule has 0 aliphatic rings. The molecule has 1 unspecified atom stereocenters. The zero-order valence-corrected chi connectivity index (χ0v) is 11.5. The van der Waals surface area contributed by atoms with Gasteiger partial charge in [-0.1, -0.05) is 12.1 Å². The number of rotatable bonds is 6. The Morgan fingerprint density at radius 2 is 2.10 bits per heavy atom. The molecule has 0 amide bonds. The molecular formula is C16H15FO4. The quantitative estimate of drug-likeness (QED) is 0.831. The van der Waals surface area contributed by atoms with Crippen molar-refractivity contribution in [2.75, 3.05) is 13.7 Å². The highest BCUT2D eigenvalue weighted by Crippen LogP contribution is 2.22. The van der Waals surface area contributed by atoms with Crippen LogP contribution in [0, 0.1) is 5.82 Å². The van der Waals surface area contributed by atoms with Gasteiger partial charge in [0.15, 0.2) is 11.6 Å². The van der Waals surface area contributed by atoms with E-state index >= 15 is 0 Å². The zero-order valence-electron chi connectivity index (χ0n) is 11.5. The highest BCUT2D eigenvalue weighted by Gasteiger charge is 2.11. The van der Waals surface area contributed by atoms with Gasteiger partial charge in [-0.15, -0.1) is 0 Å². The molecule has 0 aromatic heterocycles. The number of aldehydes is 1. The van der Waals surface area contributed by atoms with Gasteiger partial charge in [-0.05, 0) is 35.9 Å². The molecule has 0 aliphatic heterocycles. The first kappa shape index (κ1) is 15.0. The second-order valence-corrected chi connectivity index (χ2v) is 4.41. The summed E-state index contributed by atoms with van der Waals surface area (Å²) in [4.78, 5) is 10.5. The number of aliphatic hydroxyl groups excluding tert-OH is 1. The number of halogens is 1. The summed E-state index contributed by atoms with van der Waals surface area (Å²) in [6, 6.07) is 10.8. The second kappa shape index (κ2) is 6.85. The maximum atomic E-state index is 13.6. The van der Waals surface area contributed by atoms with Gasteiger partial charge in [0.25, 0.3) is 0 Å². The summed E-state index contributed by atoms with van der Waals surface area (Å²) in [6.07, 6.45) is -0.358. The van der Waals surface area contributed by atoms with Gasteiger partial charge in [0, 0.05) is 5.56 Å². The number of carbonyl (C=O) groups is 1. The third kappa shape index (κ3) is 3.79. The van der Waals surface area contributed by atoms with Gasteiger partial charge in [-0.2, -0.15) is 0 Å². The van der Waals surface area contributed by atoms with Crippen LogP contribution >= 0.6 is 0 Å². The number of benzene rings is 2. The standard InChI is InChI=1S/C16H15FO4/c1-20-13-4-2-3-12(8-13)15(19)10-21-16-6-5-11(9-18)7-14(16)17/h2-9,15,19H,10H2,1H3. The molecule has 5 heteroatoms. The average Bonchev–Trinajstić information content (AvgIpc) is 2.53. The second-order valence-electron chi connectivity index (χ2n) is 4.41. The summed E-state index contributed by atoms with van der Waals surface area (Å²) in [6.45, 7) is -0.107. The number of ether oxygens (including phenoxy) is 2. The lowest BCUT2D eigenvalue weighted by molar-refractivity contribution is 0.105. The van der Waals surface area contributed by atoms with Gasteiger partial charge in [0.1, 0.15) is 24.7 Å². The van der Waals surface area contributed by atoms with E-state index in [0.717, 1.165) is 6.07 Å². The topological polar surface area (TPSA) is 55.8 Å². The van der Waals surface area contributed by atoms with Crippen molar-refractivity contribution >= 4 is 6.29 Å². The highest BCUT2D eigenvalue weighted by molar-refractivity contribution is 5.74. The van der Waals surface area contributed by atoms with Crippen LogP contribution in [0.1, 0.15) is 22.0 Å². The van der Waals surface area contributed by atoms with Gasteiger partial charge in [0.05, 0.1) is 7.11 Å². The first-order chi connectivity index (χ1) is 10.1. The van der Waals surface area contributed by atoms with Gasteiger partial charge < -0.3 is 14.6 Å². The maximum absolute atomic E-state index is 13.6. The van der Waals surface area contributed by atoms with Crippen molar-refractivity contribution in [3.05, 3.63) is 59.4 Å². The molecule has 1 atom stereocenters. The molecule has 2 aromatic rings. The molecule has 0 fully saturated rings. The Balaban J connectivity index is 2.03. The first-order valence-corrected chi connectivity index (χ1v) is 6.33. The third-order valence-electron chi connectivity index (χ3n) is 2.97. The lowest BCUT2D eigenvalue weighted by atomic mass is 10.1. The van der Waals surface area contributed by atoms with Crippen LogP contribution in [-0.4, -0.2) is 25.1 Å². The monoisotopic (exact) mass is 290 g/mol. The largest absolute Gasteiger partial charge is 0.497 e. The summed E-state index contributed by atoms with van der Waals surface area (Å²) in [5, 5.41) is 10.0.